The highest BCUT2D eigenvalue weighted by Gasteiger charge is 2.30. The van der Waals surface area contributed by atoms with E-state index in [-0.39, 0.29) is 25.7 Å². The minimum atomic E-state index is -4.96. The number of hydrogen-bond donors (Lipinski definition) is 3. The smallest absolute Gasteiger partial charge is 0.462 e. The van der Waals surface area contributed by atoms with Crippen LogP contribution in [0.25, 0.3) is 0 Å². The first-order valence-corrected chi connectivity index (χ1v) is 47.6. The molecule has 0 aliphatic heterocycles. The van der Waals surface area contributed by atoms with Gasteiger partial charge in [-0.1, -0.05) is 408 Å². The molecule has 4 unspecified atom stereocenters. The van der Waals surface area contributed by atoms with Gasteiger partial charge in [-0.25, -0.2) is 9.13 Å². The van der Waals surface area contributed by atoms with E-state index in [1.807, 2.05) is 0 Å². The van der Waals surface area contributed by atoms with Crippen LogP contribution in [0.2, 0.25) is 0 Å². The van der Waals surface area contributed by atoms with E-state index >= 15 is 0 Å². The maximum Gasteiger partial charge on any atom is 0.472 e. The zero-order valence-corrected chi connectivity index (χ0v) is 70.8. The number of esters is 4. The molecule has 0 spiro atoms. The van der Waals surface area contributed by atoms with E-state index in [9.17, 15) is 43.2 Å². The van der Waals surface area contributed by atoms with Crippen molar-refractivity contribution < 1.29 is 80.2 Å². The molecule has 17 nitrogen and oxygen atoms in total. The molecule has 3 N–H and O–H groups in total. The van der Waals surface area contributed by atoms with Gasteiger partial charge in [0.15, 0.2) is 12.2 Å². The summed E-state index contributed by atoms with van der Waals surface area (Å²) in [6.45, 7) is 9.75. The molecule has 0 fully saturated rings. The number of phosphoric acid groups is 2. The third-order valence-corrected chi connectivity index (χ3v) is 22.8. The van der Waals surface area contributed by atoms with Crippen molar-refractivity contribution in [3.05, 3.63) is 0 Å². The van der Waals surface area contributed by atoms with Gasteiger partial charge in [-0.05, 0) is 37.5 Å². The van der Waals surface area contributed by atoms with Gasteiger partial charge in [0, 0.05) is 25.7 Å². The molecule has 0 aromatic rings. The molecule has 0 saturated carbocycles. The van der Waals surface area contributed by atoms with Gasteiger partial charge in [0.2, 0.25) is 0 Å². The van der Waals surface area contributed by atoms with Crippen LogP contribution in [0.1, 0.15) is 459 Å². The second-order valence-electron chi connectivity index (χ2n) is 31.4. The van der Waals surface area contributed by atoms with Gasteiger partial charge in [-0.3, -0.25) is 37.3 Å². The molecule has 0 radical (unpaired) electrons. The summed E-state index contributed by atoms with van der Waals surface area (Å²) in [7, 11) is -9.92. The Balaban J connectivity index is 5.19. The number of phosphoric ester groups is 2. The normalized spacial score (nSPS) is 14.3. The first-order chi connectivity index (χ1) is 50.9. The first kappa shape index (κ1) is 103. The van der Waals surface area contributed by atoms with Crippen molar-refractivity contribution in [2.45, 2.75) is 477 Å². The summed E-state index contributed by atoms with van der Waals surface area (Å²) in [5.41, 5.74) is 0. The van der Waals surface area contributed by atoms with E-state index in [0.717, 1.165) is 108 Å². The summed E-state index contributed by atoms with van der Waals surface area (Å²) in [5.74, 6) is -0.409. The SMILES string of the molecule is CCCCCCCCCCCCCCCCCCCCCCCC(=O)O[C@H](COC(=O)CCCCCCCCCCCCCCCCC(C)CC)COP(=O)(O)OC[C@@H](O)COP(=O)(O)OC[C@@H](COC(=O)CCCCCCCCCC)OC(=O)CCCCCCCCCCCCCCCCC(C)CC. The molecule has 0 aromatic carbocycles. The Kier molecular flexibility index (Phi) is 76.0. The van der Waals surface area contributed by atoms with Gasteiger partial charge in [0.25, 0.3) is 0 Å². The number of hydrogen-bond acceptors (Lipinski definition) is 15. The number of ether oxygens (including phenoxy) is 4. The molecule has 7 atom stereocenters. The monoisotopic (exact) mass is 1540 g/mol. The molecule has 0 rings (SSSR count). The van der Waals surface area contributed by atoms with Gasteiger partial charge in [-0.15, -0.1) is 0 Å². The first-order valence-electron chi connectivity index (χ1n) is 44.6. The standard InChI is InChI=1S/C86H168O17P2/c1-7-11-13-15-17-19-20-21-22-23-24-25-26-27-28-36-41-46-52-58-64-70-86(91)103-82(75-97-84(89)69-63-57-51-45-40-35-31-29-33-38-43-48-54-60-66-78(5)9-3)77-101-105(94,95)99-73-80(87)72-98-104(92,93)100-76-81(74-96-83(88)68-62-56-50-18-16-14-12-8-2)102-85(90)71-65-59-53-47-42-37-32-30-34-39-44-49-55-61-67-79(6)10-4/h78-82,87H,7-77H2,1-6H3,(H,92,93)(H,94,95)/t78?,79?,80-,81+,82+/m0/s1. The van der Waals surface area contributed by atoms with Crippen LogP contribution in [0.4, 0.5) is 0 Å². The van der Waals surface area contributed by atoms with Crippen molar-refractivity contribution >= 4 is 39.5 Å². The Labute approximate surface area is 645 Å². The third-order valence-electron chi connectivity index (χ3n) is 20.9. The van der Waals surface area contributed by atoms with E-state index in [4.69, 9.17) is 37.0 Å². The molecule has 0 bridgehead atoms. The number of carbonyl (C=O) groups is 4. The summed E-state index contributed by atoms with van der Waals surface area (Å²) in [6.07, 6.45) is 69.4. The lowest BCUT2D eigenvalue weighted by molar-refractivity contribution is -0.161. The van der Waals surface area contributed by atoms with Crippen LogP contribution in [0.5, 0.6) is 0 Å². The molecule has 0 aliphatic carbocycles. The van der Waals surface area contributed by atoms with Crippen LogP contribution in [0, 0.1) is 11.8 Å². The molecule has 0 aliphatic rings. The highest BCUT2D eigenvalue weighted by Crippen LogP contribution is 2.45. The molecule has 0 heterocycles. The van der Waals surface area contributed by atoms with E-state index in [0.29, 0.717) is 25.7 Å². The second kappa shape index (κ2) is 77.4. The Morgan fingerprint density at radius 3 is 0.676 bits per heavy atom. The molecule has 624 valence electrons. The summed E-state index contributed by atoms with van der Waals surface area (Å²) in [4.78, 5) is 73.1. The van der Waals surface area contributed by atoms with Crippen molar-refractivity contribution in [3.8, 4) is 0 Å². The number of carbonyl (C=O) groups excluding carboxylic acids is 4. The minimum Gasteiger partial charge on any atom is -0.462 e. The fourth-order valence-electron chi connectivity index (χ4n) is 13.4. The van der Waals surface area contributed by atoms with E-state index in [1.165, 1.54) is 270 Å². The Hall–Kier alpha value is -1.94. The third kappa shape index (κ3) is 77.2. The molecular weight excluding hydrogens is 1370 g/mol. The van der Waals surface area contributed by atoms with Gasteiger partial charge in [0.05, 0.1) is 26.4 Å². The summed E-state index contributed by atoms with van der Waals surface area (Å²) in [6, 6.07) is 0. The lowest BCUT2D eigenvalue weighted by Gasteiger charge is -2.21. The van der Waals surface area contributed by atoms with Crippen molar-refractivity contribution in [2.75, 3.05) is 39.6 Å². The topological polar surface area (TPSA) is 237 Å². The molecule has 0 amide bonds. The molecule has 0 saturated heterocycles. The van der Waals surface area contributed by atoms with Crippen LogP contribution in [0.3, 0.4) is 0 Å². The quantitative estimate of drug-likeness (QED) is 0.0222. The van der Waals surface area contributed by atoms with Crippen LogP contribution < -0.4 is 0 Å². The Morgan fingerprint density at radius 2 is 0.457 bits per heavy atom. The highest BCUT2D eigenvalue weighted by atomic mass is 31.2. The average molecular weight is 1540 g/mol. The van der Waals surface area contributed by atoms with Crippen LogP contribution in [-0.4, -0.2) is 96.7 Å². The Morgan fingerprint density at radius 1 is 0.267 bits per heavy atom. The lowest BCUT2D eigenvalue weighted by Crippen LogP contribution is -2.30. The van der Waals surface area contributed by atoms with E-state index in [1.54, 1.807) is 0 Å². The zero-order chi connectivity index (χ0) is 77.1. The van der Waals surface area contributed by atoms with Crippen molar-refractivity contribution in [1.82, 2.24) is 0 Å². The van der Waals surface area contributed by atoms with E-state index < -0.39 is 97.5 Å². The second-order valence-corrected chi connectivity index (χ2v) is 34.3. The van der Waals surface area contributed by atoms with Crippen LogP contribution in [0.15, 0.2) is 0 Å². The number of rotatable bonds is 85. The number of aliphatic hydroxyl groups excluding tert-OH is 1. The number of aliphatic hydroxyl groups is 1. The van der Waals surface area contributed by atoms with Crippen molar-refractivity contribution in [1.29, 1.82) is 0 Å². The highest BCUT2D eigenvalue weighted by molar-refractivity contribution is 7.47. The number of unbranched alkanes of at least 4 members (excludes halogenated alkanes) is 53. The summed E-state index contributed by atoms with van der Waals surface area (Å²) in [5, 5.41) is 10.7. The van der Waals surface area contributed by atoms with Crippen LogP contribution in [-0.2, 0) is 65.4 Å². The maximum atomic E-state index is 13.1. The molecule has 0 aromatic heterocycles. The molecular formula is C86H168O17P2. The fraction of sp³-hybridized carbons (Fsp3) is 0.953. The largest absolute Gasteiger partial charge is 0.472 e. The average Bonchev–Trinajstić information content (AvgIpc) is 0.939. The lowest BCUT2D eigenvalue weighted by atomic mass is 9.99. The van der Waals surface area contributed by atoms with Gasteiger partial charge < -0.3 is 33.8 Å². The summed E-state index contributed by atoms with van der Waals surface area (Å²) < 4.78 is 68.8. The predicted octanol–water partition coefficient (Wildman–Crippen LogP) is 26.2. The van der Waals surface area contributed by atoms with E-state index in [2.05, 4.69) is 41.5 Å². The maximum absolute atomic E-state index is 13.1. The predicted molar refractivity (Wildman–Crippen MR) is 432 cm³/mol. The van der Waals surface area contributed by atoms with Gasteiger partial charge >= 0.3 is 39.5 Å². The minimum absolute atomic E-state index is 0.108. The van der Waals surface area contributed by atoms with Crippen LogP contribution >= 0.6 is 15.6 Å². The summed E-state index contributed by atoms with van der Waals surface area (Å²) >= 11 is 0. The molecule has 105 heavy (non-hydrogen) atoms. The van der Waals surface area contributed by atoms with Crippen molar-refractivity contribution in [2.24, 2.45) is 11.8 Å². The fourth-order valence-corrected chi connectivity index (χ4v) is 14.9. The van der Waals surface area contributed by atoms with Crippen molar-refractivity contribution in [3.63, 3.8) is 0 Å². The Bertz CT molecular complexity index is 2010. The van der Waals surface area contributed by atoms with Gasteiger partial charge in [0.1, 0.15) is 19.3 Å². The van der Waals surface area contributed by atoms with Gasteiger partial charge in [-0.2, -0.15) is 0 Å². The zero-order valence-electron chi connectivity index (χ0n) is 69.0. The molecule has 19 heteroatoms.